The van der Waals surface area contributed by atoms with Gasteiger partial charge in [-0.25, -0.2) is 4.79 Å². The van der Waals surface area contributed by atoms with Crippen molar-refractivity contribution in [2.45, 2.75) is 0 Å². The Balaban J connectivity index is 2.56. The number of urea groups is 1. The van der Waals surface area contributed by atoms with Crippen LogP contribution >= 0.6 is 15.9 Å². The van der Waals surface area contributed by atoms with E-state index in [4.69, 9.17) is 0 Å². The zero-order chi connectivity index (χ0) is 10.4. The van der Waals surface area contributed by atoms with E-state index in [1.165, 1.54) is 0 Å². The minimum Gasteiger partial charge on any atom is -0.331 e. The van der Waals surface area contributed by atoms with Gasteiger partial charge in [-0.15, -0.1) is 0 Å². The van der Waals surface area contributed by atoms with Gasteiger partial charge in [0, 0.05) is 4.47 Å². The number of hydrogen-bond acceptors (Lipinski definition) is 2. The Hall–Kier alpha value is -1.36. The Morgan fingerprint density at radius 3 is 2.79 bits per heavy atom. The van der Waals surface area contributed by atoms with E-state index in [2.05, 4.69) is 26.6 Å². The van der Waals surface area contributed by atoms with Gasteiger partial charge in [0.2, 0.25) is 0 Å². The van der Waals surface area contributed by atoms with Gasteiger partial charge in [0.05, 0.1) is 12.2 Å². The average Bonchev–Trinajstić information content (AvgIpc) is 2.18. The maximum atomic E-state index is 11.1. The Bertz CT molecular complexity index is 341. The maximum absolute atomic E-state index is 11.1. The molecule has 0 fully saturated rings. The van der Waals surface area contributed by atoms with Crippen LogP contribution in [0.4, 0.5) is 10.5 Å². The molecule has 0 radical (unpaired) electrons. The van der Waals surface area contributed by atoms with E-state index in [1.54, 1.807) is 12.1 Å². The lowest BCUT2D eigenvalue weighted by Gasteiger charge is -2.06. The van der Waals surface area contributed by atoms with E-state index in [1.807, 2.05) is 12.1 Å². The first kappa shape index (κ1) is 10.7. The number of rotatable bonds is 3. The van der Waals surface area contributed by atoms with E-state index in [0.29, 0.717) is 12.0 Å². The van der Waals surface area contributed by atoms with Gasteiger partial charge in [-0.2, -0.15) is 0 Å². The van der Waals surface area contributed by atoms with Gasteiger partial charge >= 0.3 is 6.03 Å². The highest BCUT2D eigenvalue weighted by Crippen LogP contribution is 2.20. The second kappa shape index (κ2) is 5.39. The predicted octanol–water partition coefficient (Wildman–Crippen LogP) is 1.77. The van der Waals surface area contributed by atoms with Gasteiger partial charge in [-0.3, -0.25) is 0 Å². The summed E-state index contributed by atoms with van der Waals surface area (Å²) in [7, 11) is 0. The molecule has 0 aliphatic heterocycles. The summed E-state index contributed by atoms with van der Waals surface area (Å²) in [4.78, 5) is 21.1. The molecular formula is C9H9BrN2O2. The molecule has 4 nitrogen and oxygen atoms in total. The van der Waals surface area contributed by atoms with Gasteiger partial charge in [0.1, 0.15) is 6.29 Å². The number of carbonyl (C=O) groups excluding carboxylic acids is 2. The lowest BCUT2D eigenvalue weighted by atomic mass is 10.3. The predicted molar refractivity (Wildman–Crippen MR) is 57.2 cm³/mol. The van der Waals surface area contributed by atoms with Crippen molar-refractivity contribution in [2.75, 3.05) is 11.9 Å². The molecule has 0 aromatic heterocycles. The van der Waals surface area contributed by atoms with E-state index >= 15 is 0 Å². The molecule has 0 unspecified atom stereocenters. The zero-order valence-corrected chi connectivity index (χ0v) is 8.87. The molecule has 2 N–H and O–H groups in total. The monoisotopic (exact) mass is 256 g/mol. The van der Waals surface area contributed by atoms with Crippen LogP contribution in [0.5, 0.6) is 0 Å². The fourth-order valence-corrected chi connectivity index (χ4v) is 1.25. The normalized spacial score (nSPS) is 9.21. The second-order valence-corrected chi connectivity index (χ2v) is 3.34. The summed E-state index contributed by atoms with van der Waals surface area (Å²) in [5.74, 6) is 0. The van der Waals surface area contributed by atoms with Gasteiger partial charge in [-0.1, -0.05) is 12.1 Å². The SMILES string of the molecule is O=CCNC(=O)Nc1ccccc1Br. The second-order valence-electron chi connectivity index (χ2n) is 2.48. The average molecular weight is 257 g/mol. The van der Waals surface area contributed by atoms with Crippen molar-refractivity contribution < 1.29 is 9.59 Å². The molecule has 0 saturated heterocycles. The van der Waals surface area contributed by atoms with Crippen LogP contribution in [-0.4, -0.2) is 18.9 Å². The molecule has 1 aromatic rings. The van der Waals surface area contributed by atoms with Gasteiger partial charge in [0.25, 0.3) is 0 Å². The number of amides is 2. The van der Waals surface area contributed by atoms with E-state index < -0.39 is 6.03 Å². The number of aldehydes is 1. The summed E-state index contributed by atoms with van der Waals surface area (Å²) < 4.78 is 0.793. The van der Waals surface area contributed by atoms with Crippen molar-refractivity contribution in [2.24, 2.45) is 0 Å². The summed E-state index contributed by atoms with van der Waals surface area (Å²) in [5.41, 5.74) is 0.663. The van der Waals surface area contributed by atoms with Crippen molar-refractivity contribution >= 4 is 33.9 Å². The number of para-hydroxylation sites is 1. The summed E-state index contributed by atoms with van der Waals surface area (Å²) in [6.45, 7) is 0.0102. The molecule has 74 valence electrons. The van der Waals surface area contributed by atoms with Gasteiger partial charge in [0.15, 0.2) is 0 Å². The highest BCUT2D eigenvalue weighted by atomic mass is 79.9. The summed E-state index contributed by atoms with van der Waals surface area (Å²) in [5, 5.41) is 4.96. The highest BCUT2D eigenvalue weighted by Gasteiger charge is 2.02. The molecule has 14 heavy (non-hydrogen) atoms. The van der Waals surface area contributed by atoms with Crippen molar-refractivity contribution in [3.8, 4) is 0 Å². The van der Waals surface area contributed by atoms with Crippen molar-refractivity contribution in [3.05, 3.63) is 28.7 Å². The molecular weight excluding hydrogens is 248 g/mol. The van der Waals surface area contributed by atoms with Crippen molar-refractivity contribution in [1.82, 2.24) is 5.32 Å². The van der Waals surface area contributed by atoms with Crippen LogP contribution in [0.2, 0.25) is 0 Å². The Morgan fingerprint density at radius 2 is 2.14 bits per heavy atom. The molecule has 0 aliphatic carbocycles. The van der Waals surface area contributed by atoms with Crippen LogP contribution in [0.15, 0.2) is 28.7 Å². The lowest BCUT2D eigenvalue weighted by Crippen LogP contribution is -2.30. The summed E-state index contributed by atoms with van der Waals surface area (Å²) >= 11 is 3.28. The van der Waals surface area contributed by atoms with Crippen LogP contribution in [0.1, 0.15) is 0 Å². The fourth-order valence-electron chi connectivity index (χ4n) is 0.863. The number of halogens is 1. The summed E-state index contributed by atoms with van der Waals surface area (Å²) in [6.07, 6.45) is 0.625. The Morgan fingerprint density at radius 1 is 1.43 bits per heavy atom. The smallest absolute Gasteiger partial charge is 0.319 e. The molecule has 0 aliphatic rings. The summed E-state index contributed by atoms with van der Waals surface area (Å²) in [6, 6.07) is 6.82. The molecule has 5 heteroatoms. The van der Waals surface area contributed by atoms with Crippen molar-refractivity contribution in [1.29, 1.82) is 0 Å². The first-order valence-electron chi connectivity index (χ1n) is 3.97. The molecule has 0 spiro atoms. The maximum Gasteiger partial charge on any atom is 0.319 e. The molecule has 0 atom stereocenters. The molecule has 0 heterocycles. The number of hydrogen-bond donors (Lipinski definition) is 2. The first-order chi connectivity index (χ1) is 6.74. The number of nitrogens with one attached hydrogen (secondary N) is 2. The number of benzene rings is 1. The van der Waals surface area contributed by atoms with Crippen molar-refractivity contribution in [3.63, 3.8) is 0 Å². The van der Waals surface area contributed by atoms with E-state index in [9.17, 15) is 9.59 Å². The largest absolute Gasteiger partial charge is 0.331 e. The molecule has 0 saturated carbocycles. The highest BCUT2D eigenvalue weighted by molar-refractivity contribution is 9.10. The fraction of sp³-hybridized carbons (Fsp3) is 0.111. The van der Waals surface area contributed by atoms with Gasteiger partial charge < -0.3 is 15.4 Å². The van der Waals surface area contributed by atoms with Crippen LogP contribution in [0.3, 0.4) is 0 Å². The third-order valence-corrected chi connectivity index (χ3v) is 2.16. The Kier molecular flexibility index (Phi) is 4.12. The molecule has 0 bridgehead atoms. The topological polar surface area (TPSA) is 58.2 Å². The minimum absolute atomic E-state index is 0.0102. The van der Waals surface area contributed by atoms with Gasteiger partial charge in [-0.05, 0) is 28.1 Å². The van der Waals surface area contributed by atoms with Crippen LogP contribution in [0.25, 0.3) is 0 Å². The molecule has 1 aromatic carbocycles. The van der Waals surface area contributed by atoms with E-state index in [0.717, 1.165) is 4.47 Å². The van der Waals surface area contributed by atoms with Crippen LogP contribution < -0.4 is 10.6 Å². The third kappa shape index (κ3) is 3.18. The Labute approximate surface area is 89.8 Å². The molecule has 1 rings (SSSR count). The quantitative estimate of drug-likeness (QED) is 0.811. The van der Waals surface area contributed by atoms with Crippen LogP contribution in [-0.2, 0) is 4.79 Å². The zero-order valence-electron chi connectivity index (χ0n) is 7.29. The van der Waals surface area contributed by atoms with Crippen LogP contribution in [0, 0.1) is 0 Å². The minimum atomic E-state index is -0.399. The first-order valence-corrected chi connectivity index (χ1v) is 4.76. The third-order valence-electron chi connectivity index (χ3n) is 1.47. The van der Waals surface area contributed by atoms with E-state index in [-0.39, 0.29) is 6.54 Å². The molecule has 2 amide bonds. The number of anilines is 1. The lowest BCUT2D eigenvalue weighted by molar-refractivity contribution is -0.107. The standard InChI is InChI=1S/C9H9BrN2O2/c10-7-3-1-2-4-8(7)12-9(14)11-5-6-13/h1-4,6H,5H2,(H2,11,12,14). The number of carbonyl (C=O) groups is 2.